The average molecular weight is 307 g/mol. The molecule has 114 valence electrons. The van der Waals surface area contributed by atoms with E-state index < -0.39 is 0 Å². The molecule has 1 unspecified atom stereocenters. The Bertz CT molecular complexity index is 556. The van der Waals surface area contributed by atoms with E-state index in [2.05, 4.69) is 11.0 Å². The van der Waals surface area contributed by atoms with Gasteiger partial charge in [0.2, 0.25) is 0 Å². The molecule has 0 aromatic carbocycles. The zero-order chi connectivity index (χ0) is 15.4. The third-order valence-electron chi connectivity index (χ3n) is 3.73. The quantitative estimate of drug-likeness (QED) is 0.817. The Morgan fingerprint density at radius 3 is 2.86 bits per heavy atom. The summed E-state index contributed by atoms with van der Waals surface area (Å²) in [5.74, 6) is -0.00609. The van der Waals surface area contributed by atoms with E-state index in [0.29, 0.717) is 22.5 Å². The van der Waals surface area contributed by atoms with Gasteiger partial charge < -0.3 is 15.4 Å². The average Bonchev–Trinajstić information content (AvgIpc) is 3.11. The predicted molar refractivity (Wildman–Crippen MR) is 84.9 cm³/mol. The van der Waals surface area contributed by atoms with Gasteiger partial charge in [-0.1, -0.05) is 6.92 Å². The third kappa shape index (κ3) is 3.20. The number of carbonyl (C=O) groups is 1. The van der Waals surface area contributed by atoms with Crippen molar-refractivity contribution in [1.29, 1.82) is 5.26 Å². The number of nitrogens with two attached hydrogens (primary N) is 1. The Morgan fingerprint density at radius 2 is 2.33 bits per heavy atom. The summed E-state index contributed by atoms with van der Waals surface area (Å²) in [5, 5.41) is 10.2. The van der Waals surface area contributed by atoms with Crippen LogP contribution in [-0.4, -0.2) is 31.6 Å². The second kappa shape index (κ2) is 6.92. The van der Waals surface area contributed by atoms with Crippen LogP contribution in [0.25, 0.3) is 0 Å². The molecule has 0 bridgehead atoms. The van der Waals surface area contributed by atoms with Gasteiger partial charge in [-0.05, 0) is 19.8 Å². The predicted octanol–water partition coefficient (Wildman–Crippen LogP) is 2.80. The minimum Gasteiger partial charge on any atom is -0.396 e. The zero-order valence-electron chi connectivity index (χ0n) is 12.5. The highest BCUT2D eigenvalue weighted by Crippen LogP contribution is 2.38. The molecular formula is C15H21N3O2S. The monoisotopic (exact) mass is 307 g/mol. The van der Waals surface area contributed by atoms with Gasteiger partial charge in [0.15, 0.2) is 5.78 Å². The number of nitrogens with zero attached hydrogens (tertiary/aromatic N) is 2. The maximum absolute atomic E-state index is 11.9. The molecule has 1 aliphatic heterocycles. The summed E-state index contributed by atoms with van der Waals surface area (Å²) in [6.45, 7) is 6.14. The van der Waals surface area contributed by atoms with E-state index in [1.165, 1.54) is 11.3 Å². The Morgan fingerprint density at radius 1 is 1.57 bits per heavy atom. The van der Waals surface area contributed by atoms with Crippen LogP contribution in [0.4, 0.5) is 10.7 Å². The zero-order valence-corrected chi connectivity index (χ0v) is 13.3. The maximum Gasteiger partial charge on any atom is 0.174 e. The fraction of sp³-hybridized carbons (Fsp3) is 0.600. The van der Waals surface area contributed by atoms with Crippen molar-refractivity contribution in [2.24, 2.45) is 0 Å². The van der Waals surface area contributed by atoms with Crippen LogP contribution in [0.15, 0.2) is 0 Å². The van der Waals surface area contributed by atoms with Gasteiger partial charge in [0.1, 0.15) is 16.6 Å². The normalized spacial score (nSPS) is 17.7. The standard InChI is InChI=1S/C15H21N3O2S/c1-3-12(19)14-13(17)11(8-16)15(21-14)18(4-2)9-10-6-5-7-20-10/h10H,3-7,9,17H2,1-2H3. The Hall–Kier alpha value is -1.58. The summed E-state index contributed by atoms with van der Waals surface area (Å²) >= 11 is 1.33. The molecule has 1 atom stereocenters. The van der Waals surface area contributed by atoms with Crippen LogP contribution in [0.2, 0.25) is 0 Å². The first kappa shape index (κ1) is 15.8. The van der Waals surface area contributed by atoms with Crippen LogP contribution < -0.4 is 10.6 Å². The van der Waals surface area contributed by atoms with Crippen LogP contribution in [-0.2, 0) is 4.74 Å². The molecule has 5 nitrogen and oxygen atoms in total. The Balaban J connectivity index is 2.31. The summed E-state index contributed by atoms with van der Waals surface area (Å²) in [6, 6.07) is 2.15. The van der Waals surface area contributed by atoms with Crippen LogP contribution >= 0.6 is 11.3 Å². The fourth-order valence-corrected chi connectivity index (χ4v) is 3.77. The van der Waals surface area contributed by atoms with Crippen molar-refractivity contribution < 1.29 is 9.53 Å². The number of nitrogen functional groups attached to an aromatic ring is 1. The topological polar surface area (TPSA) is 79.3 Å². The van der Waals surface area contributed by atoms with Gasteiger partial charge in [-0.3, -0.25) is 4.79 Å². The number of carbonyl (C=O) groups excluding carboxylic acids is 1. The number of hydrogen-bond acceptors (Lipinski definition) is 6. The van der Waals surface area contributed by atoms with Crippen molar-refractivity contribution in [2.45, 2.75) is 39.2 Å². The van der Waals surface area contributed by atoms with Crippen molar-refractivity contribution >= 4 is 27.8 Å². The molecule has 0 saturated carbocycles. The highest BCUT2D eigenvalue weighted by molar-refractivity contribution is 7.19. The van der Waals surface area contributed by atoms with Gasteiger partial charge in [-0.15, -0.1) is 11.3 Å². The number of rotatable bonds is 6. The van der Waals surface area contributed by atoms with Crippen molar-refractivity contribution in [3.05, 3.63) is 10.4 Å². The van der Waals surface area contributed by atoms with Gasteiger partial charge in [-0.25, -0.2) is 0 Å². The number of ether oxygens (including phenoxy) is 1. The molecule has 1 aliphatic rings. The van der Waals surface area contributed by atoms with Crippen LogP contribution in [0, 0.1) is 11.3 Å². The molecule has 0 spiro atoms. The van der Waals surface area contributed by atoms with Crippen LogP contribution in [0.3, 0.4) is 0 Å². The Kier molecular flexibility index (Phi) is 5.21. The van der Waals surface area contributed by atoms with E-state index in [1.807, 2.05) is 6.92 Å². The number of thiophene rings is 1. The highest BCUT2D eigenvalue weighted by atomic mass is 32.1. The second-order valence-electron chi connectivity index (χ2n) is 5.09. The van der Waals surface area contributed by atoms with Crippen molar-refractivity contribution in [2.75, 3.05) is 30.3 Å². The fourth-order valence-electron chi connectivity index (χ4n) is 2.52. The SMILES string of the molecule is CCC(=O)c1sc(N(CC)CC2CCCO2)c(C#N)c1N. The molecule has 1 aromatic heterocycles. The molecule has 0 aliphatic carbocycles. The lowest BCUT2D eigenvalue weighted by Crippen LogP contribution is -2.31. The molecule has 0 radical (unpaired) electrons. The first-order valence-electron chi connectivity index (χ1n) is 7.34. The van der Waals surface area contributed by atoms with Gasteiger partial charge in [0.05, 0.1) is 16.7 Å². The van der Waals surface area contributed by atoms with Crippen LogP contribution in [0.5, 0.6) is 0 Å². The first-order chi connectivity index (χ1) is 10.1. The highest BCUT2D eigenvalue weighted by Gasteiger charge is 2.26. The van der Waals surface area contributed by atoms with Crippen molar-refractivity contribution in [1.82, 2.24) is 0 Å². The lowest BCUT2D eigenvalue weighted by Gasteiger charge is -2.24. The van der Waals surface area contributed by atoms with E-state index in [0.717, 1.165) is 37.5 Å². The number of anilines is 2. The molecule has 6 heteroatoms. The van der Waals surface area contributed by atoms with Crippen molar-refractivity contribution in [3.63, 3.8) is 0 Å². The van der Waals surface area contributed by atoms with E-state index in [1.54, 1.807) is 6.92 Å². The summed E-state index contributed by atoms with van der Waals surface area (Å²) < 4.78 is 5.67. The number of Topliss-reactive ketones (excluding diaryl/α,β-unsaturated/α-hetero) is 1. The molecule has 1 saturated heterocycles. The molecule has 21 heavy (non-hydrogen) atoms. The van der Waals surface area contributed by atoms with E-state index >= 15 is 0 Å². The van der Waals surface area contributed by atoms with Gasteiger partial charge >= 0.3 is 0 Å². The molecule has 2 rings (SSSR count). The van der Waals surface area contributed by atoms with E-state index in [9.17, 15) is 10.1 Å². The van der Waals surface area contributed by atoms with E-state index in [4.69, 9.17) is 10.5 Å². The number of nitriles is 1. The van der Waals surface area contributed by atoms with Gasteiger partial charge in [-0.2, -0.15) is 5.26 Å². The van der Waals surface area contributed by atoms with Crippen molar-refractivity contribution in [3.8, 4) is 6.07 Å². The molecule has 1 fully saturated rings. The summed E-state index contributed by atoms with van der Waals surface area (Å²) in [7, 11) is 0. The molecule has 2 heterocycles. The first-order valence-corrected chi connectivity index (χ1v) is 8.16. The van der Waals surface area contributed by atoms with Gasteiger partial charge in [0, 0.05) is 26.1 Å². The summed E-state index contributed by atoms with van der Waals surface area (Å²) in [6.07, 6.45) is 2.72. The number of ketones is 1. The minimum absolute atomic E-state index is 0.00609. The summed E-state index contributed by atoms with van der Waals surface area (Å²) in [5.41, 5.74) is 6.76. The van der Waals surface area contributed by atoms with Gasteiger partial charge in [0.25, 0.3) is 0 Å². The molecular weight excluding hydrogens is 286 g/mol. The number of hydrogen-bond donors (Lipinski definition) is 1. The molecule has 0 amide bonds. The lowest BCUT2D eigenvalue weighted by atomic mass is 10.1. The van der Waals surface area contributed by atoms with E-state index in [-0.39, 0.29) is 11.9 Å². The molecule has 1 aromatic rings. The Labute approximate surface area is 129 Å². The third-order valence-corrected chi connectivity index (χ3v) is 5.04. The lowest BCUT2D eigenvalue weighted by molar-refractivity contribution is 0.0992. The number of likely N-dealkylation sites (N-methyl/N-ethyl adjacent to an activating group) is 1. The van der Waals surface area contributed by atoms with Crippen LogP contribution in [0.1, 0.15) is 48.3 Å². The largest absolute Gasteiger partial charge is 0.396 e. The smallest absolute Gasteiger partial charge is 0.174 e. The second-order valence-corrected chi connectivity index (χ2v) is 6.09. The molecule has 2 N–H and O–H groups in total. The summed E-state index contributed by atoms with van der Waals surface area (Å²) in [4.78, 5) is 14.6. The maximum atomic E-state index is 11.9. The minimum atomic E-state index is -0.00609.